The highest BCUT2D eigenvalue weighted by atomic mass is 16.5. The van der Waals surface area contributed by atoms with Gasteiger partial charge < -0.3 is 15.2 Å². The molecule has 0 aliphatic carbocycles. The number of amides is 1. The Morgan fingerprint density at radius 1 is 1.60 bits per heavy atom. The van der Waals surface area contributed by atoms with Gasteiger partial charge in [0.2, 0.25) is 5.82 Å². The molecule has 1 amide bonds. The highest BCUT2D eigenvalue weighted by Gasteiger charge is 2.40. The molecule has 112 valence electrons. The highest BCUT2D eigenvalue weighted by molar-refractivity contribution is 5.90. The van der Waals surface area contributed by atoms with Crippen LogP contribution < -0.4 is 5.32 Å². The second-order valence-corrected chi connectivity index (χ2v) is 6.31. The van der Waals surface area contributed by atoms with E-state index in [-0.39, 0.29) is 23.9 Å². The molecule has 2 heterocycles. The van der Waals surface area contributed by atoms with Crippen LogP contribution >= 0.6 is 0 Å². The van der Waals surface area contributed by atoms with Crippen LogP contribution in [-0.2, 0) is 10.2 Å². The highest BCUT2D eigenvalue weighted by Crippen LogP contribution is 2.24. The number of hydrogen-bond acceptors (Lipinski definition) is 5. The Morgan fingerprint density at radius 2 is 2.30 bits per heavy atom. The first kappa shape index (κ1) is 14.9. The monoisotopic (exact) mass is 282 g/mol. The molecule has 1 aromatic rings. The first-order valence-electron chi connectivity index (χ1n) is 6.77. The molecule has 1 aliphatic heterocycles. The first-order chi connectivity index (χ1) is 9.22. The van der Waals surface area contributed by atoms with Crippen LogP contribution in [0.4, 0.5) is 0 Å². The maximum atomic E-state index is 12.0. The summed E-state index contributed by atoms with van der Waals surface area (Å²) in [5.74, 6) is 0.341. The van der Waals surface area contributed by atoms with Gasteiger partial charge in [0.1, 0.15) is 11.4 Å². The number of hydrogen-bond donors (Lipinski definition) is 3. The number of aromatic nitrogens is 3. The second-order valence-electron chi connectivity index (χ2n) is 6.31. The van der Waals surface area contributed by atoms with Gasteiger partial charge in [0.25, 0.3) is 5.91 Å². The van der Waals surface area contributed by atoms with Gasteiger partial charge in [-0.1, -0.05) is 20.8 Å². The number of nitrogens with one attached hydrogen (secondary N) is 2. The maximum Gasteiger partial charge on any atom is 0.291 e. The fourth-order valence-electron chi connectivity index (χ4n) is 2.01. The summed E-state index contributed by atoms with van der Waals surface area (Å²) < 4.78 is 5.32. The Morgan fingerprint density at radius 3 is 2.80 bits per heavy atom. The summed E-state index contributed by atoms with van der Waals surface area (Å²) >= 11 is 0. The zero-order valence-electron chi connectivity index (χ0n) is 12.4. The molecule has 0 bridgehead atoms. The molecule has 3 N–H and O–H groups in total. The normalized spacial score (nSPS) is 26.8. The Kier molecular flexibility index (Phi) is 3.84. The first-order valence-corrected chi connectivity index (χ1v) is 6.77. The van der Waals surface area contributed by atoms with Crippen molar-refractivity contribution in [2.24, 2.45) is 0 Å². The zero-order valence-corrected chi connectivity index (χ0v) is 12.4. The molecule has 0 aromatic carbocycles. The minimum atomic E-state index is -1.02. The van der Waals surface area contributed by atoms with Crippen molar-refractivity contribution in [1.29, 1.82) is 0 Å². The maximum absolute atomic E-state index is 12.0. The molecule has 20 heavy (non-hydrogen) atoms. The van der Waals surface area contributed by atoms with Crippen molar-refractivity contribution in [1.82, 2.24) is 20.5 Å². The van der Waals surface area contributed by atoms with Crippen molar-refractivity contribution in [3.63, 3.8) is 0 Å². The van der Waals surface area contributed by atoms with Crippen LogP contribution in [0.15, 0.2) is 0 Å². The van der Waals surface area contributed by atoms with Gasteiger partial charge in [-0.2, -0.15) is 0 Å². The van der Waals surface area contributed by atoms with Gasteiger partial charge in [-0.15, -0.1) is 5.10 Å². The summed E-state index contributed by atoms with van der Waals surface area (Å²) in [6, 6.07) is 0. The van der Waals surface area contributed by atoms with Crippen LogP contribution in [0.5, 0.6) is 0 Å². The molecule has 7 heteroatoms. The van der Waals surface area contributed by atoms with E-state index < -0.39 is 11.5 Å². The van der Waals surface area contributed by atoms with E-state index in [2.05, 4.69) is 20.5 Å². The zero-order chi connectivity index (χ0) is 15.0. The molecular formula is C13H22N4O3. The third kappa shape index (κ3) is 2.99. The lowest BCUT2D eigenvalue weighted by Crippen LogP contribution is -2.47. The average Bonchev–Trinajstić information content (AvgIpc) is 2.95. The van der Waals surface area contributed by atoms with Crippen LogP contribution in [0.3, 0.4) is 0 Å². The Hall–Kier alpha value is -1.47. The topological polar surface area (TPSA) is 100 Å². The lowest BCUT2D eigenvalue weighted by atomic mass is 9.96. The predicted molar refractivity (Wildman–Crippen MR) is 72.4 cm³/mol. The number of aliphatic hydroxyl groups is 1. The molecular weight excluding hydrogens is 260 g/mol. The van der Waals surface area contributed by atoms with Crippen molar-refractivity contribution in [3.05, 3.63) is 11.6 Å². The van der Waals surface area contributed by atoms with Crippen molar-refractivity contribution >= 4 is 5.91 Å². The minimum absolute atomic E-state index is 0.0880. The summed E-state index contributed by atoms with van der Waals surface area (Å²) in [6.07, 6.45) is 0.218. The van der Waals surface area contributed by atoms with E-state index in [9.17, 15) is 9.90 Å². The van der Waals surface area contributed by atoms with E-state index in [0.717, 1.165) is 0 Å². The van der Waals surface area contributed by atoms with Crippen LogP contribution in [0.25, 0.3) is 0 Å². The number of nitrogens with zero attached hydrogens (tertiary/aromatic N) is 2. The Labute approximate surface area is 118 Å². The van der Waals surface area contributed by atoms with Gasteiger partial charge >= 0.3 is 0 Å². The molecule has 2 rings (SSSR count). The standard InChI is InChI=1S/C13H22N4O3/c1-8-13(19,5-6-20-8)7-14-10(18)9-15-11(17-16-9)12(2,3)4/h8,19H,5-7H2,1-4H3,(H,14,18)(H,15,16,17). The van der Waals surface area contributed by atoms with Gasteiger partial charge in [-0.05, 0) is 6.92 Å². The molecule has 0 spiro atoms. The third-order valence-electron chi connectivity index (χ3n) is 3.61. The Balaban J connectivity index is 1.97. The lowest BCUT2D eigenvalue weighted by molar-refractivity contribution is -0.0252. The molecule has 1 aliphatic rings. The predicted octanol–water partition coefficient (Wildman–Crippen LogP) is 0.372. The van der Waals surface area contributed by atoms with E-state index in [1.165, 1.54) is 0 Å². The van der Waals surface area contributed by atoms with E-state index in [1.54, 1.807) is 6.92 Å². The fourth-order valence-corrected chi connectivity index (χ4v) is 2.01. The smallest absolute Gasteiger partial charge is 0.291 e. The molecule has 0 saturated carbocycles. The minimum Gasteiger partial charge on any atom is -0.385 e. The largest absolute Gasteiger partial charge is 0.385 e. The van der Waals surface area contributed by atoms with Gasteiger partial charge in [0, 0.05) is 25.0 Å². The van der Waals surface area contributed by atoms with Crippen molar-refractivity contribution < 1.29 is 14.6 Å². The average molecular weight is 282 g/mol. The summed E-state index contributed by atoms with van der Waals surface area (Å²) in [5, 5.41) is 19.6. The summed E-state index contributed by atoms with van der Waals surface area (Å²) in [4.78, 5) is 16.2. The summed E-state index contributed by atoms with van der Waals surface area (Å²) in [6.45, 7) is 8.37. The molecule has 1 saturated heterocycles. The number of H-pyrrole nitrogens is 1. The van der Waals surface area contributed by atoms with E-state index in [0.29, 0.717) is 18.9 Å². The van der Waals surface area contributed by atoms with Crippen LogP contribution in [0.2, 0.25) is 0 Å². The van der Waals surface area contributed by atoms with Gasteiger partial charge in [0.05, 0.1) is 6.10 Å². The second kappa shape index (κ2) is 5.14. The van der Waals surface area contributed by atoms with Crippen LogP contribution in [-0.4, -0.2) is 51.1 Å². The molecule has 0 radical (unpaired) electrons. The fraction of sp³-hybridized carbons (Fsp3) is 0.769. The number of carbonyl (C=O) groups excluding carboxylic acids is 1. The quantitative estimate of drug-likeness (QED) is 0.744. The van der Waals surface area contributed by atoms with Gasteiger partial charge in [0.15, 0.2) is 0 Å². The molecule has 1 aromatic heterocycles. The molecule has 7 nitrogen and oxygen atoms in total. The van der Waals surface area contributed by atoms with Crippen molar-refractivity contribution in [3.8, 4) is 0 Å². The molecule has 1 fully saturated rings. The van der Waals surface area contributed by atoms with Crippen molar-refractivity contribution in [2.75, 3.05) is 13.2 Å². The number of rotatable bonds is 3. The van der Waals surface area contributed by atoms with E-state index in [4.69, 9.17) is 4.74 Å². The van der Waals surface area contributed by atoms with Gasteiger partial charge in [-0.25, -0.2) is 4.98 Å². The van der Waals surface area contributed by atoms with Crippen LogP contribution in [0, 0.1) is 0 Å². The van der Waals surface area contributed by atoms with Crippen molar-refractivity contribution in [2.45, 2.75) is 51.2 Å². The van der Waals surface area contributed by atoms with Crippen LogP contribution in [0.1, 0.15) is 50.6 Å². The lowest BCUT2D eigenvalue weighted by Gasteiger charge is -2.25. The number of ether oxygens (including phenoxy) is 1. The van der Waals surface area contributed by atoms with Gasteiger partial charge in [-0.3, -0.25) is 9.89 Å². The third-order valence-corrected chi connectivity index (χ3v) is 3.61. The SMILES string of the molecule is CC1OCCC1(O)CNC(=O)c1n[nH]c(C(C)(C)C)n1. The Bertz CT molecular complexity index is 494. The molecule has 2 unspecified atom stereocenters. The summed E-state index contributed by atoms with van der Waals surface area (Å²) in [7, 11) is 0. The van der Waals surface area contributed by atoms with E-state index in [1.807, 2.05) is 20.8 Å². The molecule has 2 atom stereocenters. The summed E-state index contributed by atoms with van der Waals surface area (Å²) in [5.41, 5.74) is -1.21. The number of carbonyl (C=O) groups is 1. The number of aromatic amines is 1. The van der Waals surface area contributed by atoms with E-state index >= 15 is 0 Å².